The van der Waals surface area contributed by atoms with Gasteiger partial charge in [-0.05, 0) is 12.5 Å². The molecule has 0 atom stereocenters. The van der Waals surface area contributed by atoms with E-state index in [0.29, 0.717) is 21.9 Å². The maximum atomic E-state index is 10.5. The molecule has 0 aliphatic rings. The van der Waals surface area contributed by atoms with Crippen LogP contribution in [0.15, 0.2) is 17.7 Å². The van der Waals surface area contributed by atoms with Crippen LogP contribution < -0.4 is 0 Å². The molecule has 0 aromatic carbocycles. The summed E-state index contributed by atoms with van der Waals surface area (Å²) in [4.78, 5) is 10.6. The Morgan fingerprint density at radius 1 is 1.69 bits per heavy atom. The van der Waals surface area contributed by atoms with Crippen molar-refractivity contribution in [3.8, 4) is 6.07 Å². The second-order valence-electron chi connectivity index (χ2n) is 3.05. The van der Waals surface area contributed by atoms with Crippen molar-refractivity contribution in [3.63, 3.8) is 0 Å². The van der Waals surface area contributed by atoms with Gasteiger partial charge >= 0.3 is 5.00 Å². The maximum Gasteiger partial charge on any atom is 0.324 e. The second-order valence-corrected chi connectivity index (χ2v) is 4.49. The minimum Gasteiger partial charge on any atom is -0.258 e. The molecule has 0 aliphatic carbocycles. The van der Waals surface area contributed by atoms with E-state index in [1.54, 1.807) is 6.07 Å². The van der Waals surface area contributed by atoms with Crippen molar-refractivity contribution in [2.45, 2.75) is 19.8 Å². The summed E-state index contributed by atoms with van der Waals surface area (Å²) >= 11 is 6.99. The molecule has 0 spiro atoms. The lowest BCUT2D eigenvalue weighted by Crippen LogP contribution is -1.82. The van der Waals surface area contributed by atoms with E-state index in [9.17, 15) is 10.1 Å². The molecular formula is C10H9ClN2O2S. The molecule has 0 amide bonds. The van der Waals surface area contributed by atoms with Crippen LogP contribution >= 0.6 is 22.9 Å². The van der Waals surface area contributed by atoms with E-state index in [-0.39, 0.29) is 5.00 Å². The Bertz CT molecular complexity index is 473. The van der Waals surface area contributed by atoms with Gasteiger partial charge in [0, 0.05) is 11.6 Å². The van der Waals surface area contributed by atoms with Crippen molar-refractivity contribution in [2.75, 3.05) is 0 Å². The first-order valence-electron chi connectivity index (χ1n) is 4.63. The van der Waals surface area contributed by atoms with Gasteiger partial charge in [0.25, 0.3) is 0 Å². The van der Waals surface area contributed by atoms with Gasteiger partial charge in [-0.1, -0.05) is 36.3 Å². The van der Waals surface area contributed by atoms with Crippen LogP contribution in [0.5, 0.6) is 0 Å². The summed E-state index contributed by atoms with van der Waals surface area (Å²) in [5, 5.41) is 19.7. The van der Waals surface area contributed by atoms with Gasteiger partial charge < -0.3 is 0 Å². The first kappa shape index (κ1) is 12.7. The van der Waals surface area contributed by atoms with Gasteiger partial charge in [-0.2, -0.15) is 5.26 Å². The topological polar surface area (TPSA) is 66.9 Å². The second kappa shape index (κ2) is 5.64. The Labute approximate surface area is 102 Å². The van der Waals surface area contributed by atoms with E-state index in [1.807, 2.05) is 13.0 Å². The Morgan fingerprint density at radius 3 is 2.81 bits per heavy atom. The summed E-state index contributed by atoms with van der Waals surface area (Å²) < 4.78 is 0. The van der Waals surface area contributed by atoms with E-state index >= 15 is 0 Å². The lowest BCUT2D eigenvalue weighted by Gasteiger charge is -1.98. The Kier molecular flexibility index (Phi) is 4.47. The van der Waals surface area contributed by atoms with Crippen LogP contribution in [0, 0.1) is 21.4 Å². The van der Waals surface area contributed by atoms with Crippen LogP contribution in [0.2, 0.25) is 0 Å². The monoisotopic (exact) mass is 256 g/mol. The number of nitro groups is 1. The summed E-state index contributed by atoms with van der Waals surface area (Å²) in [6.07, 6.45) is 1.40. The fraction of sp³-hybridized carbons (Fsp3) is 0.300. The average Bonchev–Trinajstić information content (AvgIpc) is 2.74. The molecule has 1 aromatic heterocycles. The smallest absolute Gasteiger partial charge is 0.258 e. The molecule has 1 heterocycles. The molecule has 0 bridgehead atoms. The third-order valence-corrected chi connectivity index (χ3v) is 3.49. The normalized spacial score (nSPS) is 11.8. The molecule has 0 saturated heterocycles. The highest BCUT2D eigenvalue weighted by molar-refractivity contribution is 7.17. The van der Waals surface area contributed by atoms with Gasteiger partial charge in [-0.3, -0.25) is 10.1 Å². The van der Waals surface area contributed by atoms with Gasteiger partial charge in [0.15, 0.2) is 0 Å². The summed E-state index contributed by atoms with van der Waals surface area (Å²) in [6.45, 7) is 1.94. The molecule has 0 N–H and O–H groups in total. The first-order valence-corrected chi connectivity index (χ1v) is 5.83. The summed E-state index contributed by atoms with van der Waals surface area (Å²) in [5.74, 6) is 0. The van der Waals surface area contributed by atoms with Crippen LogP contribution in [0.4, 0.5) is 5.00 Å². The number of thiophene rings is 1. The predicted molar refractivity (Wildman–Crippen MR) is 64.3 cm³/mol. The van der Waals surface area contributed by atoms with Crippen molar-refractivity contribution in [3.05, 3.63) is 32.7 Å². The lowest BCUT2D eigenvalue weighted by atomic mass is 10.1. The number of nitriles is 1. The fourth-order valence-electron chi connectivity index (χ4n) is 1.16. The molecule has 0 unspecified atom stereocenters. The molecule has 0 fully saturated rings. The molecule has 1 aromatic rings. The van der Waals surface area contributed by atoms with E-state index in [4.69, 9.17) is 16.9 Å². The molecule has 0 saturated carbocycles. The van der Waals surface area contributed by atoms with E-state index in [2.05, 4.69) is 0 Å². The van der Waals surface area contributed by atoms with E-state index < -0.39 is 4.92 Å². The van der Waals surface area contributed by atoms with Gasteiger partial charge in [-0.25, -0.2) is 0 Å². The maximum absolute atomic E-state index is 10.5. The highest BCUT2D eigenvalue weighted by atomic mass is 35.5. The molecular weight excluding hydrogens is 248 g/mol. The quantitative estimate of drug-likeness (QED) is 0.466. The molecule has 4 nitrogen and oxygen atoms in total. The van der Waals surface area contributed by atoms with Gasteiger partial charge in [0.05, 0.1) is 20.9 Å². The Morgan fingerprint density at radius 2 is 2.38 bits per heavy atom. The zero-order chi connectivity index (χ0) is 12.1. The predicted octanol–water partition coefficient (Wildman–Crippen LogP) is 3.93. The molecule has 0 aliphatic heterocycles. The number of hydrogen-bond donors (Lipinski definition) is 0. The average molecular weight is 257 g/mol. The largest absolute Gasteiger partial charge is 0.324 e. The van der Waals surface area contributed by atoms with Crippen molar-refractivity contribution in [1.82, 2.24) is 0 Å². The number of halogens is 1. The van der Waals surface area contributed by atoms with Crippen molar-refractivity contribution < 1.29 is 4.92 Å². The van der Waals surface area contributed by atoms with Crippen molar-refractivity contribution in [2.24, 2.45) is 0 Å². The number of allylic oxidation sites excluding steroid dienone is 1. The zero-order valence-corrected chi connectivity index (χ0v) is 10.1. The molecule has 1 rings (SSSR count). The molecule has 0 radical (unpaired) electrons. The summed E-state index contributed by atoms with van der Waals surface area (Å²) in [5.41, 5.74) is 0.473. The number of nitrogens with zero attached hydrogens (tertiary/aromatic N) is 2. The number of rotatable bonds is 4. The SMILES string of the molecule is CCC/C(C#N)=C(/Cl)c1ccc([N+](=O)[O-])s1. The van der Waals surface area contributed by atoms with Gasteiger partial charge in [-0.15, -0.1) is 0 Å². The first-order chi connectivity index (χ1) is 7.60. The highest BCUT2D eigenvalue weighted by Gasteiger charge is 2.14. The summed E-state index contributed by atoms with van der Waals surface area (Å²) in [7, 11) is 0. The zero-order valence-electron chi connectivity index (χ0n) is 8.57. The van der Waals surface area contributed by atoms with Crippen molar-refractivity contribution >= 4 is 33.0 Å². The van der Waals surface area contributed by atoms with Gasteiger partial charge in [0.2, 0.25) is 0 Å². The third-order valence-electron chi connectivity index (χ3n) is 1.89. The van der Waals surface area contributed by atoms with E-state index in [1.165, 1.54) is 6.07 Å². The fourth-order valence-corrected chi connectivity index (χ4v) is 2.26. The van der Waals surface area contributed by atoms with E-state index in [0.717, 1.165) is 17.8 Å². The standard InChI is InChI=1S/C10H9ClN2O2S/c1-2-3-7(6-12)10(11)8-4-5-9(16-8)13(14)15/h4-5H,2-3H2,1H3/b10-7-. The highest BCUT2D eigenvalue weighted by Crippen LogP contribution is 2.34. The minimum absolute atomic E-state index is 0.0296. The molecule has 6 heteroatoms. The van der Waals surface area contributed by atoms with Crippen molar-refractivity contribution in [1.29, 1.82) is 5.26 Å². The van der Waals surface area contributed by atoms with Crippen LogP contribution in [-0.4, -0.2) is 4.92 Å². The Hall–Kier alpha value is -1.38. The number of hydrogen-bond acceptors (Lipinski definition) is 4. The summed E-state index contributed by atoms with van der Waals surface area (Å²) in [6, 6.07) is 4.98. The minimum atomic E-state index is -0.468. The van der Waals surface area contributed by atoms with Crippen LogP contribution in [0.25, 0.3) is 5.03 Å². The van der Waals surface area contributed by atoms with Gasteiger partial charge in [0.1, 0.15) is 0 Å². The van der Waals surface area contributed by atoms with Crippen LogP contribution in [0.3, 0.4) is 0 Å². The molecule has 16 heavy (non-hydrogen) atoms. The lowest BCUT2D eigenvalue weighted by molar-refractivity contribution is -0.380. The Balaban J connectivity index is 3.08. The molecule has 84 valence electrons. The van der Waals surface area contributed by atoms with Crippen LogP contribution in [-0.2, 0) is 0 Å². The van der Waals surface area contributed by atoms with Crippen LogP contribution in [0.1, 0.15) is 24.6 Å². The third kappa shape index (κ3) is 2.81.